The van der Waals surface area contributed by atoms with Gasteiger partial charge in [0, 0.05) is 51.5 Å². The minimum Gasteiger partial charge on any atom is -0.355 e. The first kappa shape index (κ1) is 17.5. The number of hydrogen-bond acceptors (Lipinski definition) is 5. The summed E-state index contributed by atoms with van der Waals surface area (Å²) in [6, 6.07) is 11.7. The van der Waals surface area contributed by atoms with E-state index in [2.05, 4.69) is 15.2 Å². The highest BCUT2D eigenvalue weighted by Crippen LogP contribution is 2.24. The van der Waals surface area contributed by atoms with Gasteiger partial charge in [-0.05, 0) is 12.5 Å². The summed E-state index contributed by atoms with van der Waals surface area (Å²) >= 11 is 0. The zero-order valence-electron chi connectivity index (χ0n) is 15.4. The lowest BCUT2D eigenvalue weighted by Crippen LogP contribution is -2.35. The molecule has 0 atom stereocenters. The molecule has 1 aromatic carbocycles. The maximum Gasteiger partial charge on any atom is 0.259 e. The van der Waals surface area contributed by atoms with Crippen LogP contribution < -0.4 is 0 Å². The van der Waals surface area contributed by atoms with Crippen LogP contribution in [0.15, 0.2) is 53.3 Å². The van der Waals surface area contributed by atoms with Crippen LogP contribution in [0.2, 0.25) is 0 Å². The SMILES string of the molecule is Cn1nccc1CN1CCCN(C(=O)c2cnoc2-c2ccccc2)CC1. The average Bonchev–Trinajstić information content (AvgIpc) is 3.27. The molecule has 0 saturated carbocycles. The monoisotopic (exact) mass is 365 g/mol. The fraction of sp³-hybridized carbons (Fsp3) is 0.350. The van der Waals surface area contributed by atoms with Gasteiger partial charge in [0.25, 0.3) is 5.91 Å². The van der Waals surface area contributed by atoms with Gasteiger partial charge in [0.05, 0.1) is 11.9 Å². The van der Waals surface area contributed by atoms with Crippen molar-refractivity contribution in [1.82, 2.24) is 24.7 Å². The van der Waals surface area contributed by atoms with Crippen LogP contribution in [0.1, 0.15) is 22.5 Å². The van der Waals surface area contributed by atoms with Gasteiger partial charge >= 0.3 is 0 Å². The van der Waals surface area contributed by atoms with E-state index in [0.717, 1.165) is 38.2 Å². The van der Waals surface area contributed by atoms with E-state index in [1.54, 1.807) is 0 Å². The van der Waals surface area contributed by atoms with Crippen molar-refractivity contribution in [3.63, 3.8) is 0 Å². The van der Waals surface area contributed by atoms with Crippen LogP contribution in [-0.4, -0.2) is 56.8 Å². The zero-order chi connectivity index (χ0) is 18.6. The number of carbonyl (C=O) groups is 1. The summed E-state index contributed by atoms with van der Waals surface area (Å²) in [7, 11) is 1.96. The normalized spacial score (nSPS) is 15.7. The smallest absolute Gasteiger partial charge is 0.259 e. The second-order valence-corrected chi connectivity index (χ2v) is 6.80. The Kier molecular flexibility index (Phi) is 5.02. The third-order valence-corrected chi connectivity index (χ3v) is 5.02. The third kappa shape index (κ3) is 3.78. The number of carbonyl (C=O) groups excluding carboxylic acids is 1. The molecule has 0 spiro atoms. The minimum atomic E-state index is -0.0162. The maximum atomic E-state index is 13.1. The summed E-state index contributed by atoms with van der Waals surface area (Å²) in [5.74, 6) is 0.522. The van der Waals surface area contributed by atoms with Crippen LogP contribution in [0.4, 0.5) is 0 Å². The molecule has 0 unspecified atom stereocenters. The van der Waals surface area contributed by atoms with E-state index < -0.39 is 0 Å². The second-order valence-electron chi connectivity index (χ2n) is 6.80. The van der Waals surface area contributed by atoms with Crippen LogP contribution in [0, 0.1) is 0 Å². The standard InChI is InChI=1S/C20H23N5O2/c1-23-17(8-9-21-23)15-24-10-5-11-25(13-12-24)20(26)18-14-22-27-19(18)16-6-3-2-4-7-16/h2-4,6-9,14H,5,10-13,15H2,1H3. The Hall–Kier alpha value is -2.93. The fourth-order valence-corrected chi connectivity index (χ4v) is 3.48. The molecule has 0 radical (unpaired) electrons. The topological polar surface area (TPSA) is 67.4 Å². The Bertz CT molecular complexity index is 902. The van der Waals surface area contributed by atoms with Crippen LogP contribution >= 0.6 is 0 Å². The average molecular weight is 365 g/mol. The van der Waals surface area contributed by atoms with Crippen molar-refractivity contribution < 1.29 is 9.32 Å². The van der Waals surface area contributed by atoms with E-state index in [-0.39, 0.29) is 5.91 Å². The van der Waals surface area contributed by atoms with E-state index in [4.69, 9.17) is 4.52 Å². The summed E-state index contributed by atoms with van der Waals surface area (Å²) in [5.41, 5.74) is 2.58. The van der Waals surface area contributed by atoms with Gasteiger partial charge in [-0.3, -0.25) is 14.4 Å². The van der Waals surface area contributed by atoms with E-state index in [9.17, 15) is 4.79 Å². The molecule has 27 heavy (non-hydrogen) atoms. The van der Waals surface area contributed by atoms with Gasteiger partial charge in [-0.1, -0.05) is 35.5 Å². The molecular formula is C20H23N5O2. The number of benzene rings is 1. The number of aromatic nitrogens is 3. The summed E-state index contributed by atoms with van der Waals surface area (Å²) in [4.78, 5) is 17.4. The van der Waals surface area contributed by atoms with E-state index >= 15 is 0 Å². The van der Waals surface area contributed by atoms with Crippen LogP contribution in [0.5, 0.6) is 0 Å². The van der Waals surface area contributed by atoms with Gasteiger partial charge < -0.3 is 9.42 Å². The molecule has 1 fully saturated rings. The Labute approximate surface area is 158 Å². The van der Waals surface area contributed by atoms with E-state index in [0.29, 0.717) is 17.9 Å². The second kappa shape index (κ2) is 7.75. The van der Waals surface area contributed by atoms with Crippen molar-refractivity contribution in [3.8, 4) is 11.3 Å². The van der Waals surface area contributed by atoms with Gasteiger partial charge in [0.15, 0.2) is 5.76 Å². The van der Waals surface area contributed by atoms with E-state index in [1.165, 1.54) is 11.9 Å². The molecule has 1 amide bonds. The molecule has 3 heterocycles. The molecule has 1 aliphatic rings. The molecule has 3 aromatic rings. The number of amides is 1. The van der Waals surface area contributed by atoms with Crippen LogP contribution in [0.3, 0.4) is 0 Å². The lowest BCUT2D eigenvalue weighted by Gasteiger charge is -2.21. The molecule has 0 bridgehead atoms. The summed E-state index contributed by atoms with van der Waals surface area (Å²) in [6.07, 6.45) is 4.29. The first-order valence-electron chi connectivity index (χ1n) is 9.21. The van der Waals surface area contributed by atoms with Crippen molar-refractivity contribution in [2.75, 3.05) is 26.2 Å². The fourth-order valence-electron chi connectivity index (χ4n) is 3.48. The minimum absolute atomic E-state index is 0.0162. The quantitative estimate of drug-likeness (QED) is 0.710. The maximum absolute atomic E-state index is 13.1. The Morgan fingerprint density at radius 2 is 1.96 bits per heavy atom. The molecule has 0 N–H and O–H groups in total. The van der Waals surface area contributed by atoms with Crippen molar-refractivity contribution in [3.05, 3.63) is 60.0 Å². The summed E-state index contributed by atoms with van der Waals surface area (Å²) < 4.78 is 7.28. The molecule has 1 saturated heterocycles. The lowest BCUT2D eigenvalue weighted by atomic mass is 10.1. The van der Waals surface area contributed by atoms with Gasteiger partial charge in [0.2, 0.25) is 0 Å². The highest BCUT2D eigenvalue weighted by atomic mass is 16.5. The predicted octanol–water partition coefficient (Wildman–Crippen LogP) is 2.42. The molecular weight excluding hydrogens is 342 g/mol. The van der Waals surface area contributed by atoms with Crippen molar-refractivity contribution >= 4 is 5.91 Å². The highest BCUT2D eigenvalue weighted by Gasteiger charge is 2.25. The molecule has 1 aliphatic heterocycles. The molecule has 7 nitrogen and oxygen atoms in total. The largest absolute Gasteiger partial charge is 0.355 e. The molecule has 140 valence electrons. The van der Waals surface area contributed by atoms with Gasteiger partial charge in [-0.25, -0.2) is 0 Å². The van der Waals surface area contributed by atoms with Gasteiger partial charge in [-0.15, -0.1) is 0 Å². The number of rotatable bonds is 4. The lowest BCUT2D eigenvalue weighted by molar-refractivity contribution is 0.0761. The third-order valence-electron chi connectivity index (χ3n) is 5.02. The van der Waals surface area contributed by atoms with Crippen LogP contribution in [0.25, 0.3) is 11.3 Å². The zero-order valence-corrected chi connectivity index (χ0v) is 15.4. The van der Waals surface area contributed by atoms with Crippen molar-refractivity contribution in [2.24, 2.45) is 7.05 Å². The molecule has 0 aliphatic carbocycles. The summed E-state index contributed by atoms with van der Waals surface area (Å²) in [6.45, 7) is 4.07. The highest BCUT2D eigenvalue weighted by molar-refractivity contribution is 5.99. The molecule has 7 heteroatoms. The molecule has 4 rings (SSSR count). The summed E-state index contributed by atoms with van der Waals surface area (Å²) in [5, 5.41) is 8.10. The first-order chi connectivity index (χ1) is 13.2. The van der Waals surface area contributed by atoms with Crippen molar-refractivity contribution in [1.29, 1.82) is 0 Å². The van der Waals surface area contributed by atoms with Crippen LogP contribution in [-0.2, 0) is 13.6 Å². The van der Waals surface area contributed by atoms with Gasteiger partial charge in [-0.2, -0.15) is 5.10 Å². The first-order valence-corrected chi connectivity index (χ1v) is 9.21. The Morgan fingerprint density at radius 3 is 2.74 bits per heavy atom. The number of hydrogen-bond donors (Lipinski definition) is 0. The Morgan fingerprint density at radius 1 is 1.11 bits per heavy atom. The van der Waals surface area contributed by atoms with Crippen molar-refractivity contribution in [2.45, 2.75) is 13.0 Å². The number of nitrogens with zero attached hydrogens (tertiary/aromatic N) is 5. The number of aryl methyl sites for hydroxylation is 1. The molecule has 2 aromatic heterocycles. The Balaban J connectivity index is 1.45. The van der Waals surface area contributed by atoms with Gasteiger partial charge in [0.1, 0.15) is 5.56 Å². The van der Waals surface area contributed by atoms with E-state index in [1.807, 2.05) is 59.2 Å². The predicted molar refractivity (Wildman–Crippen MR) is 101 cm³/mol.